The van der Waals surface area contributed by atoms with Crippen molar-refractivity contribution in [2.45, 2.75) is 13.0 Å². The molecule has 1 heterocycles. The molecule has 1 aromatic heterocycles. The maximum atomic E-state index is 12.9. The van der Waals surface area contributed by atoms with Crippen molar-refractivity contribution in [1.29, 1.82) is 0 Å². The van der Waals surface area contributed by atoms with Crippen molar-refractivity contribution in [3.63, 3.8) is 0 Å². The van der Waals surface area contributed by atoms with E-state index >= 15 is 0 Å². The highest BCUT2D eigenvalue weighted by molar-refractivity contribution is 5.93. The van der Waals surface area contributed by atoms with Crippen molar-refractivity contribution >= 4 is 11.9 Å². The summed E-state index contributed by atoms with van der Waals surface area (Å²) >= 11 is 0. The fourth-order valence-corrected chi connectivity index (χ4v) is 2.65. The van der Waals surface area contributed by atoms with Gasteiger partial charge in [-0.3, -0.25) is 4.79 Å². The molecular weight excluding hydrogens is 343 g/mol. The van der Waals surface area contributed by atoms with Crippen LogP contribution in [0.25, 0.3) is 0 Å². The average molecular weight is 364 g/mol. The fraction of sp³-hybridized carbons (Fsp3) is 0.190. The maximum absolute atomic E-state index is 12.9. The second kappa shape index (κ2) is 8.89. The normalized spacial score (nSPS) is 10.4. The first kappa shape index (κ1) is 18.5. The number of carbonyl (C=O) groups is 1. The summed E-state index contributed by atoms with van der Waals surface area (Å²) in [5.41, 5.74) is 2.53. The first-order chi connectivity index (χ1) is 13.1. The van der Waals surface area contributed by atoms with Crippen LogP contribution in [0.15, 0.2) is 67.0 Å². The van der Waals surface area contributed by atoms with Crippen molar-refractivity contribution < 1.29 is 9.18 Å². The highest BCUT2D eigenvalue weighted by Gasteiger charge is 2.13. The highest BCUT2D eigenvalue weighted by atomic mass is 19.1. The quantitative estimate of drug-likeness (QED) is 0.697. The van der Waals surface area contributed by atoms with Gasteiger partial charge in [0.15, 0.2) is 0 Å². The standard InChI is InChI=1S/C21H21FN4O/c1-26(15-17-5-3-2-4-6-17)20(27)18-13-24-21(25-14-18)23-12-11-16-7-9-19(22)10-8-16/h2-10,13-14H,11-12,15H2,1H3,(H,23,24,25). The Morgan fingerprint density at radius 1 is 1.00 bits per heavy atom. The number of rotatable bonds is 7. The van der Waals surface area contributed by atoms with Crippen molar-refractivity contribution in [1.82, 2.24) is 14.9 Å². The zero-order valence-corrected chi connectivity index (χ0v) is 15.1. The van der Waals surface area contributed by atoms with E-state index < -0.39 is 0 Å². The number of hydrogen-bond acceptors (Lipinski definition) is 4. The van der Waals surface area contributed by atoms with E-state index in [1.54, 1.807) is 24.1 Å². The molecule has 5 nitrogen and oxygen atoms in total. The number of nitrogens with one attached hydrogen (secondary N) is 1. The number of aromatic nitrogens is 2. The molecule has 1 amide bonds. The van der Waals surface area contributed by atoms with E-state index in [0.717, 1.165) is 17.5 Å². The Bertz CT molecular complexity index is 867. The molecule has 3 rings (SSSR count). The molecular formula is C21H21FN4O. The summed E-state index contributed by atoms with van der Waals surface area (Å²) < 4.78 is 12.9. The van der Waals surface area contributed by atoms with Gasteiger partial charge in [-0.2, -0.15) is 0 Å². The van der Waals surface area contributed by atoms with Gasteiger partial charge in [-0.15, -0.1) is 0 Å². The SMILES string of the molecule is CN(Cc1ccccc1)C(=O)c1cnc(NCCc2ccc(F)cc2)nc1. The first-order valence-electron chi connectivity index (χ1n) is 8.71. The number of carbonyl (C=O) groups excluding carboxylic acids is 1. The Morgan fingerprint density at radius 2 is 1.67 bits per heavy atom. The molecule has 27 heavy (non-hydrogen) atoms. The molecule has 138 valence electrons. The van der Waals surface area contributed by atoms with Gasteiger partial charge in [0, 0.05) is 32.5 Å². The Morgan fingerprint density at radius 3 is 2.33 bits per heavy atom. The fourth-order valence-electron chi connectivity index (χ4n) is 2.65. The van der Waals surface area contributed by atoms with Gasteiger partial charge in [-0.1, -0.05) is 42.5 Å². The molecule has 0 aliphatic rings. The average Bonchev–Trinajstić information content (AvgIpc) is 2.70. The highest BCUT2D eigenvalue weighted by Crippen LogP contribution is 2.09. The first-order valence-corrected chi connectivity index (χ1v) is 8.71. The molecule has 3 aromatic rings. The van der Waals surface area contributed by atoms with E-state index in [-0.39, 0.29) is 11.7 Å². The van der Waals surface area contributed by atoms with E-state index in [4.69, 9.17) is 0 Å². The molecule has 0 atom stereocenters. The van der Waals surface area contributed by atoms with Gasteiger partial charge in [0.1, 0.15) is 5.82 Å². The zero-order chi connectivity index (χ0) is 19.1. The maximum Gasteiger partial charge on any atom is 0.257 e. The summed E-state index contributed by atoms with van der Waals surface area (Å²) in [6.45, 7) is 1.14. The van der Waals surface area contributed by atoms with Crippen LogP contribution in [0.2, 0.25) is 0 Å². The van der Waals surface area contributed by atoms with Crippen LogP contribution in [0.5, 0.6) is 0 Å². The summed E-state index contributed by atoms with van der Waals surface area (Å²) in [7, 11) is 1.75. The van der Waals surface area contributed by atoms with E-state index in [9.17, 15) is 9.18 Å². The predicted molar refractivity (Wildman–Crippen MR) is 103 cm³/mol. The summed E-state index contributed by atoms with van der Waals surface area (Å²) in [4.78, 5) is 22.5. The number of anilines is 1. The molecule has 2 aromatic carbocycles. The molecule has 0 aliphatic heterocycles. The largest absolute Gasteiger partial charge is 0.354 e. The van der Waals surface area contributed by atoms with E-state index in [2.05, 4.69) is 15.3 Å². The van der Waals surface area contributed by atoms with Crippen LogP contribution in [0.1, 0.15) is 21.5 Å². The van der Waals surface area contributed by atoms with Crippen molar-refractivity contribution in [2.24, 2.45) is 0 Å². The van der Waals surface area contributed by atoms with Gasteiger partial charge >= 0.3 is 0 Å². The van der Waals surface area contributed by atoms with Crippen LogP contribution >= 0.6 is 0 Å². The third-order valence-corrected chi connectivity index (χ3v) is 4.12. The monoisotopic (exact) mass is 364 g/mol. The van der Waals surface area contributed by atoms with Crippen molar-refractivity contribution in [3.05, 3.63) is 89.5 Å². The zero-order valence-electron chi connectivity index (χ0n) is 15.1. The van der Waals surface area contributed by atoms with Gasteiger partial charge < -0.3 is 10.2 Å². The third kappa shape index (κ3) is 5.34. The number of nitrogens with zero attached hydrogens (tertiary/aromatic N) is 3. The molecule has 0 spiro atoms. The molecule has 0 unspecified atom stereocenters. The van der Waals surface area contributed by atoms with Crippen LogP contribution in [0.3, 0.4) is 0 Å². The number of amides is 1. The molecule has 0 saturated carbocycles. The molecule has 0 saturated heterocycles. The summed E-state index contributed by atoms with van der Waals surface area (Å²) in [5, 5.41) is 3.10. The second-order valence-corrected chi connectivity index (χ2v) is 6.25. The molecule has 6 heteroatoms. The van der Waals surface area contributed by atoms with Crippen LogP contribution in [-0.2, 0) is 13.0 Å². The van der Waals surface area contributed by atoms with Gasteiger partial charge in [0.2, 0.25) is 5.95 Å². The second-order valence-electron chi connectivity index (χ2n) is 6.25. The van der Waals surface area contributed by atoms with E-state index in [0.29, 0.717) is 24.6 Å². The lowest BCUT2D eigenvalue weighted by molar-refractivity contribution is 0.0784. The Kier molecular flexibility index (Phi) is 6.10. The van der Waals surface area contributed by atoms with Crippen LogP contribution in [0.4, 0.5) is 10.3 Å². The lowest BCUT2D eigenvalue weighted by Crippen LogP contribution is -2.26. The Hall–Kier alpha value is -3.28. The topological polar surface area (TPSA) is 58.1 Å². The lowest BCUT2D eigenvalue weighted by atomic mass is 10.1. The molecule has 0 radical (unpaired) electrons. The van der Waals surface area contributed by atoms with Crippen LogP contribution < -0.4 is 5.32 Å². The molecule has 1 N–H and O–H groups in total. The van der Waals surface area contributed by atoms with Gasteiger partial charge in [-0.05, 0) is 29.7 Å². The molecule has 0 fully saturated rings. The van der Waals surface area contributed by atoms with Crippen molar-refractivity contribution in [3.8, 4) is 0 Å². The third-order valence-electron chi connectivity index (χ3n) is 4.12. The van der Waals surface area contributed by atoms with Crippen LogP contribution in [-0.4, -0.2) is 34.4 Å². The Labute approximate surface area is 157 Å². The minimum Gasteiger partial charge on any atom is -0.354 e. The van der Waals surface area contributed by atoms with E-state index in [1.807, 2.05) is 30.3 Å². The van der Waals surface area contributed by atoms with Crippen molar-refractivity contribution in [2.75, 3.05) is 18.9 Å². The minimum absolute atomic E-state index is 0.128. The predicted octanol–water partition coefficient (Wildman–Crippen LogP) is 3.54. The summed E-state index contributed by atoms with van der Waals surface area (Å²) in [6.07, 6.45) is 3.78. The Balaban J connectivity index is 1.51. The summed E-state index contributed by atoms with van der Waals surface area (Å²) in [6, 6.07) is 16.2. The number of halogens is 1. The lowest BCUT2D eigenvalue weighted by Gasteiger charge is -2.17. The van der Waals surface area contributed by atoms with Crippen LogP contribution in [0, 0.1) is 5.82 Å². The molecule has 0 aliphatic carbocycles. The smallest absolute Gasteiger partial charge is 0.257 e. The van der Waals surface area contributed by atoms with E-state index in [1.165, 1.54) is 24.5 Å². The molecule has 0 bridgehead atoms. The summed E-state index contributed by atoms with van der Waals surface area (Å²) in [5.74, 6) is 0.0867. The van der Waals surface area contributed by atoms with Gasteiger partial charge in [-0.25, -0.2) is 14.4 Å². The minimum atomic E-state index is -0.243. The number of hydrogen-bond donors (Lipinski definition) is 1. The number of benzene rings is 2. The van der Waals surface area contributed by atoms with Gasteiger partial charge in [0.25, 0.3) is 5.91 Å². The van der Waals surface area contributed by atoms with Gasteiger partial charge in [0.05, 0.1) is 5.56 Å².